The van der Waals surface area contributed by atoms with Gasteiger partial charge in [-0.3, -0.25) is 0 Å². The summed E-state index contributed by atoms with van der Waals surface area (Å²) in [6.07, 6.45) is 9.61. The van der Waals surface area contributed by atoms with E-state index in [1.807, 2.05) is 7.11 Å². The standard InChI is InChI=1S/C16H31NO2/c1-5-16(6-2)14(17-3)11-15(16)19-13-9-7-8-12(10-13)18-4/h12-15,17H,5-11H2,1-4H3. The van der Waals surface area contributed by atoms with Gasteiger partial charge in [0.05, 0.1) is 18.3 Å². The number of rotatable bonds is 6. The summed E-state index contributed by atoms with van der Waals surface area (Å²) in [6.45, 7) is 4.62. The van der Waals surface area contributed by atoms with Crippen molar-refractivity contribution < 1.29 is 9.47 Å². The van der Waals surface area contributed by atoms with Gasteiger partial charge in [0.2, 0.25) is 0 Å². The lowest BCUT2D eigenvalue weighted by molar-refractivity contribution is -0.178. The summed E-state index contributed by atoms with van der Waals surface area (Å²) >= 11 is 0. The number of hydrogen-bond donors (Lipinski definition) is 1. The molecule has 0 saturated heterocycles. The maximum atomic E-state index is 6.47. The molecule has 0 radical (unpaired) electrons. The highest BCUT2D eigenvalue weighted by Gasteiger charge is 2.53. The third-order valence-corrected chi connectivity index (χ3v) is 5.72. The molecule has 2 aliphatic carbocycles. The summed E-state index contributed by atoms with van der Waals surface area (Å²) < 4.78 is 12.0. The molecular weight excluding hydrogens is 238 g/mol. The zero-order valence-electron chi connectivity index (χ0n) is 13.1. The van der Waals surface area contributed by atoms with E-state index in [1.54, 1.807) is 0 Å². The molecule has 0 amide bonds. The molecule has 19 heavy (non-hydrogen) atoms. The van der Waals surface area contributed by atoms with Crippen LogP contribution < -0.4 is 5.32 Å². The first kappa shape index (κ1) is 15.3. The third-order valence-electron chi connectivity index (χ3n) is 5.72. The Hall–Kier alpha value is -0.120. The molecule has 1 N–H and O–H groups in total. The molecular formula is C16H31NO2. The molecule has 4 unspecified atom stereocenters. The van der Waals surface area contributed by atoms with Gasteiger partial charge >= 0.3 is 0 Å². The Morgan fingerprint density at radius 3 is 2.37 bits per heavy atom. The molecule has 0 aromatic rings. The predicted octanol–water partition coefficient (Wildman–Crippen LogP) is 3.13. The van der Waals surface area contributed by atoms with Crippen molar-refractivity contribution in [2.45, 2.75) is 83.1 Å². The molecule has 0 bridgehead atoms. The van der Waals surface area contributed by atoms with Crippen molar-refractivity contribution in [2.24, 2.45) is 5.41 Å². The van der Waals surface area contributed by atoms with E-state index < -0.39 is 0 Å². The van der Waals surface area contributed by atoms with E-state index in [2.05, 4.69) is 26.2 Å². The van der Waals surface area contributed by atoms with Crippen LogP contribution in [0.4, 0.5) is 0 Å². The molecule has 0 spiro atoms. The van der Waals surface area contributed by atoms with Crippen molar-refractivity contribution in [2.75, 3.05) is 14.2 Å². The van der Waals surface area contributed by atoms with E-state index in [-0.39, 0.29) is 0 Å². The zero-order valence-corrected chi connectivity index (χ0v) is 13.1. The fourth-order valence-electron chi connectivity index (χ4n) is 4.21. The van der Waals surface area contributed by atoms with Gasteiger partial charge in [-0.05, 0) is 52.0 Å². The lowest BCUT2D eigenvalue weighted by Gasteiger charge is -2.56. The first-order valence-electron chi connectivity index (χ1n) is 8.05. The predicted molar refractivity (Wildman–Crippen MR) is 78.4 cm³/mol. The molecule has 3 nitrogen and oxygen atoms in total. The molecule has 0 aliphatic heterocycles. The summed E-state index contributed by atoms with van der Waals surface area (Å²) in [5, 5.41) is 3.48. The molecule has 2 rings (SSSR count). The van der Waals surface area contributed by atoms with Crippen LogP contribution in [0, 0.1) is 5.41 Å². The number of hydrogen-bond acceptors (Lipinski definition) is 3. The van der Waals surface area contributed by atoms with Gasteiger partial charge in [-0.1, -0.05) is 13.8 Å². The zero-order chi connectivity index (χ0) is 13.9. The molecule has 2 saturated carbocycles. The Labute approximate surface area is 118 Å². The smallest absolute Gasteiger partial charge is 0.0664 e. The van der Waals surface area contributed by atoms with Gasteiger partial charge in [0.25, 0.3) is 0 Å². The second kappa shape index (κ2) is 6.55. The molecule has 0 aromatic carbocycles. The van der Waals surface area contributed by atoms with Gasteiger partial charge in [-0.15, -0.1) is 0 Å². The van der Waals surface area contributed by atoms with Crippen LogP contribution in [0.15, 0.2) is 0 Å². The molecule has 0 heterocycles. The summed E-state index contributed by atoms with van der Waals surface area (Å²) in [5.74, 6) is 0. The van der Waals surface area contributed by atoms with Crippen LogP contribution in [0.2, 0.25) is 0 Å². The van der Waals surface area contributed by atoms with Crippen LogP contribution in [0.1, 0.15) is 58.8 Å². The molecule has 2 aliphatic rings. The highest BCUT2D eigenvalue weighted by Crippen LogP contribution is 2.49. The SMILES string of the molecule is CCC1(CC)C(NC)CC1OC1CCCC(OC)C1. The fourth-order valence-corrected chi connectivity index (χ4v) is 4.21. The van der Waals surface area contributed by atoms with Crippen LogP contribution in [0.3, 0.4) is 0 Å². The van der Waals surface area contributed by atoms with E-state index >= 15 is 0 Å². The molecule has 2 fully saturated rings. The highest BCUT2D eigenvalue weighted by atomic mass is 16.5. The molecule has 112 valence electrons. The van der Waals surface area contributed by atoms with Gasteiger partial charge in [0, 0.05) is 18.6 Å². The lowest BCUT2D eigenvalue weighted by atomic mass is 9.58. The summed E-state index contributed by atoms with van der Waals surface area (Å²) in [4.78, 5) is 0. The van der Waals surface area contributed by atoms with Crippen molar-refractivity contribution in [3.05, 3.63) is 0 Å². The average Bonchev–Trinajstić information content (AvgIpc) is 2.45. The largest absolute Gasteiger partial charge is 0.381 e. The minimum Gasteiger partial charge on any atom is -0.381 e. The summed E-state index contributed by atoms with van der Waals surface area (Å²) in [6, 6.07) is 0.634. The Morgan fingerprint density at radius 2 is 1.79 bits per heavy atom. The van der Waals surface area contributed by atoms with Gasteiger partial charge in [0.1, 0.15) is 0 Å². The molecule has 4 atom stereocenters. The summed E-state index contributed by atoms with van der Waals surface area (Å²) in [5.41, 5.74) is 0.356. The van der Waals surface area contributed by atoms with Crippen molar-refractivity contribution in [1.29, 1.82) is 0 Å². The van der Waals surface area contributed by atoms with Gasteiger partial charge in [0.15, 0.2) is 0 Å². The van der Waals surface area contributed by atoms with E-state index in [1.165, 1.54) is 38.5 Å². The van der Waals surface area contributed by atoms with Crippen molar-refractivity contribution in [3.8, 4) is 0 Å². The normalized spacial score (nSPS) is 37.9. The van der Waals surface area contributed by atoms with Gasteiger partial charge in [-0.2, -0.15) is 0 Å². The van der Waals surface area contributed by atoms with Crippen molar-refractivity contribution >= 4 is 0 Å². The average molecular weight is 269 g/mol. The minimum atomic E-state index is 0.356. The molecule has 3 heteroatoms. The maximum Gasteiger partial charge on any atom is 0.0664 e. The monoisotopic (exact) mass is 269 g/mol. The Morgan fingerprint density at radius 1 is 1.11 bits per heavy atom. The van der Waals surface area contributed by atoms with Crippen LogP contribution in [0.5, 0.6) is 0 Å². The van der Waals surface area contributed by atoms with Crippen LogP contribution in [-0.4, -0.2) is 38.5 Å². The highest BCUT2D eigenvalue weighted by molar-refractivity contribution is 5.06. The first-order chi connectivity index (χ1) is 9.20. The second-order valence-corrected chi connectivity index (χ2v) is 6.29. The summed E-state index contributed by atoms with van der Waals surface area (Å²) in [7, 11) is 3.92. The van der Waals surface area contributed by atoms with E-state index in [9.17, 15) is 0 Å². The fraction of sp³-hybridized carbons (Fsp3) is 1.00. The van der Waals surface area contributed by atoms with Crippen molar-refractivity contribution in [3.63, 3.8) is 0 Å². The van der Waals surface area contributed by atoms with Crippen LogP contribution in [0.25, 0.3) is 0 Å². The molecule has 0 aromatic heterocycles. The topological polar surface area (TPSA) is 30.5 Å². The van der Waals surface area contributed by atoms with E-state index in [0.717, 1.165) is 6.42 Å². The number of ether oxygens (including phenoxy) is 2. The quantitative estimate of drug-likeness (QED) is 0.803. The Balaban J connectivity index is 1.92. The van der Waals surface area contributed by atoms with Crippen LogP contribution >= 0.6 is 0 Å². The van der Waals surface area contributed by atoms with Gasteiger partial charge in [-0.25, -0.2) is 0 Å². The first-order valence-corrected chi connectivity index (χ1v) is 8.05. The lowest BCUT2D eigenvalue weighted by Crippen LogP contribution is -2.63. The second-order valence-electron chi connectivity index (χ2n) is 6.29. The third kappa shape index (κ3) is 2.84. The number of methoxy groups -OCH3 is 1. The van der Waals surface area contributed by atoms with Crippen LogP contribution in [-0.2, 0) is 9.47 Å². The Bertz CT molecular complexity index is 278. The van der Waals surface area contributed by atoms with Gasteiger partial charge < -0.3 is 14.8 Å². The minimum absolute atomic E-state index is 0.356. The Kier molecular flexibility index (Phi) is 5.27. The maximum absolute atomic E-state index is 6.47. The van der Waals surface area contributed by atoms with E-state index in [4.69, 9.17) is 9.47 Å². The van der Waals surface area contributed by atoms with E-state index in [0.29, 0.717) is 29.8 Å². The number of nitrogens with one attached hydrogen (secondary N) is 1. The van der Waals surface area contributed by atoms with Crippen molar-refractivity contribution in [1.82, 2.24) is 5.32 Å².